The van der Waals surface area contributed by atoms with Crippen molar-refractivity contribution in [3.63, 3.8) is 0 Å². The van der Waals surface area contributed by atoms with Crippen LogP contribution in [0.5, 0.6) is 0 Å². The van der Waals surface area contributed by atoms with Gasteiger partial charge in [0.1, 0.15) is 5.82 Å². The van der Waals surface area contributed by atoms with Crippen molar-refractivity contribution in [3.05, 3.63) is 69.5 Å². The van der Waals surface area contributed by atoms with E-state index in [0.717, 1.165) is 12.0 Å². The van der Waals surface area contributed by atoms with Crippen LogP contribution in [0.3, 0.4) is 0 Å². The molecule has 0 atom stereocenters. The van der Waals surface area contributed by atoms with Crippen LogP contribution in [-0.2, 0) is 12.8 Å². The first-order valence-electron chi connectivity index (χ1n) is 6.98. The van der Waals surface area contributed by atoms with E-state index in [0.29, 0.717) is 22.9 Å². The van der Waals surface area contributed by atoms with Crippen molar-refractivity contribution in [2.75, 3.05) is 0 Å². The molecule has 2 aromatic carbocycles. The van der Waals surface area contributed by atoms with Gasteiger partial charge in [0, 0.05) is 17.0 Å². The molecule has 0 fully saturated rings. The van der Waals surface area contributed by atoms with Gasteiger partial charge in [-0.1, -0.05) is 49.7 Å². The van der Waals surface area contributed by atoms with Crippen LogP contribution in [0.25, 0.3) is 0 Å². The van der Waals surface area contributed by atoms with Crippen LogP contribution in [-0.4, -0.2) is 0 Å². The van der Waals surface area contributed by atoms with Crippen molar-refractivity contribution in [2.45, 2.75) is 33.6 Å². The van der Waals surface area contributed by atoms with Crippen molar-refractivity contribution in [1.29, 1.82) is 0 Å². The van der Waals surface area contributed by atoms with Crippen molar-refractivity contribution >= 4 is 11.6 Å². The number of aryl methyl sites for hydroxylation is 1. The van der Waals surface area contributed by atoms with E-state index < -0.39 is 0 Å². The lowest BCUT2D eigenvalue weighted by molar-refractivity contribution is 0.614. The molecule has 0 heterocycles. The maximum atomic E-state index is 13.8. The van der Waals surface area contributed by atoms with E-state index in [1.54, 1.807) is 12.1 Å². The minimum atomic E-state index is -0.235. The molecule has 0 unspecified atom stereocenters. The lowest BCUT2D eigenvalue weighted by Crippen LogP contribution is -1.99. The molecule has 20 heavy (non-hydrogen) atoms. The molecule has 2 rings (SSSR count). The molecule has 0 radical (unpaired) electrons. The van der Waals surface area contributed by atoms with E-state index in [-0.39, 0.29) is 5.82 Å². The molecule has 0 aliphatic rings. The average molecular weight is 291 g/mol. The molecule has 0 bridgehead atoms. The molecule has 2 aromatic rings. The Kier molecular flexibility index (Phi) is 4.82. The maximum Gasteiger partial charge on any atom is 0.128 e. The zero-order chi connectivity index (χ0) is 14.7. The summed E-state index contributed by atoms with van der Waals surface area (Å²) < 4.78 is 13.8. The van der Waals surface area contributed by atoms with E-state index >= 15 is 0 Å². The summed E-state index contributed by atoms with van der Waals surface area (Å²) in [6, 6.07) is 11.2. The summed E-state index contributed by atoms with van der Waals surface area (Å²) in [5, 5.41) is 0.494. The Morgan fingerprint density at radius 2 is 1.90 bits per heavy atom. The van der Waals surface area contributed by atoms with Crippen LogP contribution < -0.4 is 0 Å². The van der Waals surface area contributed by atoms with Crippen molar-refractivity contribution in [2.24, 2.45) is 5.92 Å². The molecule has 0 nitrogen and oxygen atoms in total. The molecule has 0 N–H and O–H groups in total. The average Bonchev–Trinajstić information content (AvgIpc) is 2.37. The lowest BCUT2D eigenvalue weighted by atomic mass is 9.95. The first-order chi connectivity index (χ1) is 9.47. The second-order valence-electron chi connectivity index (χ2n) is 5.74. The molecule has 0 aromatic heterocycles. The van der Waals surface area contributed by atoms with E-state index in [2.05, 4.69) is 39.0 Å². The third kappa shape index (κ3) is 3.61. The van der Waals surface area contributed by atoms with Gasteiger partial charge in [-0.05, 0) is 48.1 Å². The first-order valence-corrected chi connectivity index (χ1v) is 7.36. The number of halogens is 2. The Hall–Kier alpha value is -1.34. The summed E-state index contributed by atoms with van der Waals surface area (Å²) >= 11 is 6.08. The largest absolute Gasteiger partial charge is 0.207 e. The Morgan fingerprint density at radius 3 is 2.50 bits per heavy atom. The Bertz CT molecular complexity index is 582. The lowest BCUT2D eigenvalue weighted by Gasteiger charge is -2.11. The zero-order valence-corrected chi connectivity index (χ0v) is 13.0. The molecular formula is C18H20ClF. The fraction of sp³-hybridized carbons (Fsp3) is 0.333. The molecule has 0 spiro atoms. The zero-order valence-electron chi connectivity index (χ0n) is 12.2. The Balaban J connectivity index is 2.25. The van der Waals surface area contributed by atoms with E-state index in [4.69, 9.17) is 11.6 Å². The van der Waals surface area contributed by atoms with Gasteiger partial charge in [-0.2, -0.15) is 0 Å². The van der Waals surface area contributed by atoms with Crippen LogP contribution in [0, 0.1) is 18.7 Å². The first kappa shape index (κ1) is 15.1. The number of benzene rings is 2. The molecule has 0 saturated heterocycles. The summed E-state index contributed by atoms with van der Waals surface area (Å²) in [6.45, 7) is 6.54. The number of hydrogen-bond donors (Lipinski definition) is 0. The summed E-state index contributed by atoms with van der Waals surface area (Å²) in [6.07, 6.45) is 1.61. The minimum Gasteiger partial charge on any atom is -0.207 e. The Labute approximate surface area is 125 Å². The van der Waals surface area contributed by atoms with Gasteiger partial charge in [0.15, 0.2) is 0 Å². The highest BCUT2D eigenvalue weighted by molar-refractivity contribution is 6.31. The molecule has 0 amide bonds. The van der Waals surface area contributed by atoms with E-state index in [1.807, 2.05) is 0 Å². The van der Waals surface area contributed by atoms with Gasteiger partial charge in [-0.3, -0.25) is 0 Å². The van der Waals surface area contributed by atoms with Crippen molar-refractivity contribution < 1.29 is 4.39 Å². The summed E-state index contributed by atoms with van der Waals surface area (Å²) in [7, 11) is 0. The number of hydrogen-bond acceptors (Lipinski definition) is 0. The second-order valence-corrected chi connectivity index (χ2v) is 6.14. The Morgan fingerprint density at radius 1 is 1.15 bits per heavy atom. The molecule has 0 aliphatic carbocycles. The number of rotatable bonds is 4. The van der Waals surface area contributed by atoms with Gasteiger partial charge in [0.05, 0.1) is 0 Å². The van der Waals surface area contributed by atoms with Crippen LogP contribution in [0.15, 0.2) is 36.4 Å². The van der Waals surface area contributed by atoms with Gasteiger partial charge in [-0.25, -0.2) is 4.39 Å². The molecule has 0 saturated carbocycles. The highest BCUT2D eigenvalue weighted by atomic mass is 35.5. The highest BCUT2D eigenvalue weighted by Gasteiger charge is 2.09. The fourth-order valence-corrected chi connectivity index (χ4v) is 2.67. The van der Waals surface area contributed by atoms with Crippen molar-refractivity contribution in [1.82, 2.24) is 0 Å². The van der Waals surface area contributed by atoms with Crippen LogP contribution >= 0.6 is 11.6 Å². The summed E-state index contributed by atoms with van der Waals surface area (Å²) in [4.78, 5) is 0. The van der Waals surface area contributed by atoms with Gasteiger partial charge in [-0.15, -0.1) is 0 Å². The highest BCUT2D eigenvalue weighted by Crippen LogP contribution is 2.24. The minimum absolute atomic E-state index is 0.235. The third-order valence-electron chi connectivity index (χ3n) is 3.48. The van der Waals surface area contributed by atoms with E-state index in [9.17, 15) is 4.39 Å². The summed E-state index contributed by atoms with van der Waals surface area (Å²) in [5.74, 6) is 0.405. The fourth-order valence-electron chi connectivity index (χ4n) is 2.44. The quantitative estimate of drug-likeness (QED) is 0.690. The normalized spacial score (nSPS) is 11.1. The topological polar surface area (TPSA) is 0 Å². The van der Waals surface area contributed by atoms with Crippen LogP contribution in [0.2, 0.25) is 5.02 Å². The standard InChI is InChI=1S/C18H20ClF/c1-12(2)9-15-8-7-14(10-13(15)3)11-16-17(19)5-4-6-18(16)20/h4-8,10,12H,9,11H2,1-3H3. The molecule has 0 aliphatic heterocycles. The predicted molar refractivity (Wildman–Crippen MR) is 83.9 cm³/mol. The molecule has 2 heteroatoms. The third-order valence-corrected chi connectivity index (χ3v) is 3.83. The molecular weight excluding hydrogens is 271 g/mol. The monoisotopic (exact) mass is 290 g/mol. The molecule has 106 valence electrons. The smallest absolute Gasteiger partial charge is 0.128 e. The van der Waals surface area contributed by atoms with E-state index in [1.165, 1.54) is 17.2 Å². The van der Waals surface area contributed by atoms with Gasteiger partial charge in [0.25, 0.3) is 0 Å². The SMILES string of the molecule is Cc1cc(Cc2c(F)cccc2Cl)ccc1CC(C)C. The second kappa shape index (κ2) is 6.41. The van der Waals surface area contributed by atoms with Crippen LogP contribution in [0.1, 0.15) is 36.1 Å². The van der Waals surface area contributed by atoms with Gasteiger partial charge < -0.3 is 0 Å². The van der Waals surface area contributed by atoms with Gasteiger partial charge >= 0.3 is 0 Å². The predicted octanol–water partition coefficient (Wildman–Crippen LogP) is 5.58. The van der Waals surface area contributed by atoms with Gasteiger partial charge in [0.2, 0.25) is 0 Å². The summed E-state index contributed by atoms with van der Waals surface area (Å²) in [5.41, 5.74) is 4.30. The van der Waals surface area contributed by atoms with Crippen LogP contribution in [0.4, 0.5) is 4.39 Å². The van der Waals surface area contributed by atoms with Crippen molar-refractivity contribution in [3.8, 4) is 0 Å². The maximum absolute atomic E-state index is 13.8.